The molecule has 136 valence electrons. The van der Waals surface area contributed by atoms with Crippen LogP contribution < -0.4 is 5.32 Å². The predicted molar refractivity (Wildman–Crippen MR) is 90.0 cm³/mol. The van der Waals surface area contributed by atoms with Crippen LogP contribution in [0.3, 0.4) is 0 Å². The minimum Gasteiger partial charge on any atom is -0.338 e. The first-order chi connectivity index (χ1) is 12.4. The van der Waals surface area contributed by atoms with Crippen molar-refractivity contribution in [1.82, 2.24) is 4.90 Å². The molecule has 1 aliphatic rings. The summed E-state index contributed by atoms with van der Waals surface area (Å²) in [6.45, 7) is 0.646. The van der Waals surface area contributed by atoms with Crippen molar-refractivity contribution >= 4 is 17.5 Å². The lowest BCUT2D eigenvalue weighted by Crippen LogP contribution is -2.43. The molecule has 0 aliphatic carbocycles. The second kappa shape index (κ2) is 7.59. The molecule has 0 bridgehead atoms. The maximum Gasteiger partial charge on any atom is 0.253 e. The van der Waals surface area contributed by atoms with E-state index in [1.165, 1.54) is 29.2 Å². The van der Waals surface area contributed by atoms with E-state index in [0.717, 1.165) is 18.2 Å². The van der Waals surface area contributed by atoms with Gasteiger partial charge in [-0.1, -0.05) is 0 Å². The molecule has 0 spiro atoms. The van der Waals surface area contributed by atoms with Gasteiger partial charge in [0.25, 0.3) is 5.91 Å². The number of amides is 2. The van der Waals surface area contributed by atoms with Gasteiger partial charge >= 0.3 is 0 Å². The van der Waals surface area contributed by atoms with Crippen LogP contribution in [-0.4, -0.2) is 29.8 Å². The fourth-order valence-electron chi connectivity index (χ4n) is 2.98. The predicted octanol–water partition coefficient (Wildman–Crippen LogP) is 3.59. The van der Waals surface area contributed by atoms with Crippen LogP contribution in [0.15, 0.2) is 42.5 Å². The van der Waals surface area contributed by atoms with Gasteiger partial charge in [0.2, 0.25) is 5.91 Å². The molecule has 7 heteroatoms. The van der Waals surface area contributed by atoms with E-state index in [4.69, 9.17) is 0 Å². The SMILES string of the molecule is O=C(Nc1cc(F)ccc1F)C1CCCN(C(=O)c2ccc(F)cc2)C1. The van der Waals surface area contributed by atoms with E-state index >= 15 is 0 Å². The number of nitrogens with zero attached hydrogens (tertiary/aromatic N) is 1. The van der Waals surface area contributed by atoms with Gasteiger partial charge in [0, 0.05) is 24.7 Å². The number of carbonyl (C=O) groups is 2. The number of hydrogen-bond donors (Lipinski definition) is 1. The fraction of sp³-hybridized carbons (Fsp3) is 0.263. The van der Waals surface area contributed by atoms with Crippen molar-refractivity contribution in [2.24, 2.45) is 5.92 Å². The molecule has 1 fully saturated rings. The summed E-state index contributed by atoms with van der Waals surface area (Å²) < 4.78 is 39.9. The van der Waals surface area contributed by atoms with E-state index in [1.807, 2.05) is 0 Å². The van der Waals surface area contributed by atoms with Gasteiger partial charge in [-0.2, -0.15) is 0 Å². The molecule has 2 amide bonds. The Balaban J connectivity index is 1.67. The van der Waals surface area contributed by atoms with Crippen LogP contribution in [0.2, 0.25) is 0 Å². The molecule has 1 N–H and O–H groups in total. The van der Waals surface area contributed by atoms with Gasteiger partial charge in [-0.15, -0.1) is 0 Å². The molecule has 3 rings (SSSR count). The Morgan fingerprint density at radius 2 is 1.69 bits per heavy atom. The lowest BCUT2D eigenvalue weighted by molar-refractivity contribution is -0.121. The van der Waals surface area contributed by atoms with Crippen molar-refractivity contribution in [3.8, 4) is 0 Å². The first-order valence-corrected chi connectivity index (χ1v) is 8.25. The van der Waals surface area contributed by atoms with Crippen molar-refractivity contribution in [1.29, 1.82) is 0 Å². The number of piperidine rings is 1. The first kappa shape index (κ1) is 18.0. The summed E-state index contributed by atoms with van der Waals surface area (Å²) in [5, 5.41) is 2.39. The highest BCUT2D eigenvalue weighted by molar-refractivity contribution is 5.96. The quantitative estimate of drug-likeness (QED) is 0.907. The zero-order chi connectivity index (χ0) is 18.7. The summed E-state index contributed by atoms with van der Waals surface area (Å²) in [7, 11) is 0. The van der Waals surface area contributed by atoms with Crippen LogP contribution in [0.25, 0.3) is 0 Å². The molecule has 1 heterocycles. The van der Waals surface area contributed by atoms with Gasteiger partial charge in [0.15, 0.2) is 0 Å². The molecule has 2 aromatic carbocycles. The zero-order valence-corrected chi connectivity index (χ0v) is 13.8. The van der Waals surface area contributed by atoms with E-state index in [2.05, 4.69) is 5.32 Å². The highest BCUT2D eigenvalue weighted by Crippen LogP contribution is 2.22. The van der Waals surface area contributed by atoms with Gasteiger partial charge in [-0.05, 0) is 49.2 Å². The average Bonchev–Trinajstić information content (AvgIpc) is 2.65. The lowest BCUT2D eigenvalue weighted by atomic mass is 9.96. The smallest absolute Gasteiger partial charge is 0.253 e. The molecule has 0 saturated carbocycles. The number of halogens is 3. The Hall–Kier alpha value is -2.83. The summed E-state index contributed by atoms with van der Waals surface area (Å²) in [6.07, 6.45) is 1.15. The van der Waals surface area contributed by atoms with E-state index in [0.29, 0.717) is 24.9 Å². The number of rotatable bonds is 3. The number of carbonyl (C=O) groups excluding carboxylic acids is 2. The van der Waals surface area contributed by atoms with Crippen molar-refractivity contribution in [3.63, 3.8) is 0 Å². The Morgan fingerprint density at radius 1 is 1.00 bits per heavy atom. The molecular formula is C19H17F3N2O2. The molecule has 0 aromatic heterocycles. The van der Waals surface area contributed by atoms with Crippen molar-refractivity contribution in [2.75, 3.05) is 18.4 Å². The molecule has 1 saturated heterocycles. The standard InChI is InChI=1S/C19H17F3N2O2/c20-14-5-3-12(4-6-14)19(26)24-9-1-2-13(11-24)18(25)23-17-10-15(21)7-8-16(17)22/h3-8,10,13H,1-2,9,11H2,(H,23,25). The average molecular weight is 362 g/mol. The van der Waals surface area contributed by atoms with Crippen LogP contribution in [0.4, 0.5) is 18.9 Å². The molecule has 4 nitrogen and oxygen atoms in total. The summed E-state index contributed by atoms with van der Waals surface area (Å²) >= 11 is 0. The number of likely N-dealkylation sites (tertiary alicyclic amines) is 1. The zero-order valence-electron chi connectivity index (χ0n) is 13.8. The van der Waals surface area contributed by atoms with Gasteiger partial charge in [0.1, 0.15) is 17.5 Å². The van der Waals surface area contributed by atoms with E-state index in [1.54, 1.807) is 0 Å². The molecular weight excluding hydrogens is 345 g/mol. The number of hydrogen-bond acceptors (Lipinski definition) is 2. The van der Waals surface area contributed by atoms with Gasteiger partial charge < -0.3 is 10.2 Å². The van der Waals surface area contributed by atoms with Crippen LogP contribution in [-0.2, 0) is 4.79 Å². The highest BCUT2D eigenvalue weighted by atomic mass is 19.1. The van der Waals surface area contributed by atoms with Crippen LogP contribution in [0.5, 0.6) is 0 Å². The summed E-state index contributed by atoms with van der Waals surface area (Å²) in [5.41, 5.74) is 0.112. The van der Waals surface area contributed by atoms with Crippen LogP contribution in [0, 0.1) is 23.4 Å². The van der Waals surface area contributed by atoms with Crippen LogP contribution >= 0.6 is 0 Å². The minimum absolute atomic E-state index is 0.166. The van der Waals surface area contributed by atoms with Crippen molar-refractivity contribution in [2.45, 2.75) is 12.8 Å². The fourth-order valence-corrected chi connectivity index (χ4v) is 2.98. The maximum absolute atomic E-state index is 13.7. The highest BCUT2D eigenvalue weighted by Gasteiger charge is 2.29. The third kappa shape index (κ3) is 4.04. The summed E-state index contributed by atoms with van der Waals surface area (Å²) in [5.74, 6) is -3.11. The normalized spacial score (nSPS) is 17.0. The van der Waals surface area contributed by atoms with Gasteiger partial charge in [-0.3, -0.25) is 9.59 Å². The molecule has 2 aromatic rings. The summed E-state index contributed by atoms with van der Waals surface area (Å²) in [4.78, 5) is 26.4. The number of anilines is 1. The minimum atomic E-state index is -0.727. The monoisotopic (exact) mass is 362 g/mol. The molecule has 1 unspecified atom stereocenters. The van der Waals surface area contributed by atoms with Crippen LogP contribution in [0.1, 0.15) is 23.2 Å². The van der Waals surface area contributed by atoms with Gasteiger partial charge in [0.05, 0.1) is 11.6 Å². The Kier molecular flexibility index (Phi) is 5.25. The summed E-state index contributed by atoms with van der Waals surface area (Å²) in [6, 6.07) is 8.01. The van der Waals surface area contributed by atoms with Gasteiger partial charge in [-0.25, -0.2) is 13.2 Å². The Morgan fingerprint density at radius 3 is 2.42 bits per heavy atom. The van der Waals surface area contributed by atoms with E-state index in [9.17, 15) is 22.8 Å². The second-order valence-corrected chi connectivity index (χ2v) is 6.21. The molecule has 1 aliphatic heterocycles. The largest absolute Gasteiger partial charge is 0.338 e. The molecule has 0 radical (unpaired) electrons. The van der Waals surface area contributed by atoms with E-state index in [-0.39, 0.29) is 18.1 Å². The third-order valence-electron chi connectivity index (χ3n) is 4.36. The molecule has 1 atom stereocenters. The van der Waals surface area contributed by atoms with E-state index < -0.39 is 29.3 Å². The maximum atomic E-state index is 13.7. The third-order valence-corrected chi connectivity index (χ3v) is 4.36. The molecule has 26 heavy (non-hydrogen) atoms. The lowest BCUT2D eigenvalue weighted by Gasteiger charge is -2.32. The topological polar surface area (TPSA) is 49.4 Å². The van der Waals surface area contributed by atoms with Crippen molar-refractivity contribution in [3.05, 3.63) is 65.5 Å². The first-order valence-electron chi connectivity index (χ1n) is 8.25. The second-order valence-electron chi connectivity index (χ2n) is 6.21. The Labute approximate surface area is 148 Å². The van der Waals surface area contributed by atoms with Crippen molar-refractivity contribution < 1.29 is 22.8 Å². The number of benzene rings is 2. The number of nitrogens with one attached hydrogen (secondary N) is 1. The Bertz CT molecular complexity index is 824.